The van der Waals surface area contributed by atoms with Crippen molar-refractivity contribution < 1.29 is 33.6 Å². The number of carbonyl (C=O) groups is 3. The summed E-state index contributed by atoms with van der Waals surface area (Å²) in [7, 11) is 1.35. The first kappa shape index (κ1) is 35.4. The van der Waals surface area contributed by atoms with Gasteiger partial charge in [0.1, 0.15) is 11.6 Å². The average Bonchev–Trinajstić information content (AvgIpc) is 3.61. The molecular formula is C33H48N7O7+. The van der Waals surface area contributed by atoms with Gasteiger partial charge in [-0.1, -0.05) is 37.6 Å². The Hall–Kier alpha value is -4.46. The van der Waals surface area contributed by atoms with Gasteiger partial charge in [-0.2, -0.15) is 0 Å². The van der Waals surface area contributed by atoms with Gasteiger partial charge in [0.05, 0.1) is 33.2 Å². The number of anilines is 1. The van der Waals surface area contributed by atoms with Crippen LogP contribution in [0.3, 0.4) is 0 Å². The molecule has 0 spiro atoms. The number of rotatable bonds is 15. The summed E-state index contributed by atoms with van der Waals surface area (Å²) in [6, 6.07) is 7.20. The molecule has 0 aliphatic carbocycles. The van der Waals surface area contributed by atoms with Crippen LogP contribution in [0.4, 0.5) is 5.82 Å². The first-order valence-corrected chi connectivity index (χ1v) is 16.2. The van der Waals surface area contributed by atoms with Gasteiger partial charge in [0.25, 0.3) is 5.65 Å². The third-order valence-corrected chi connectivity index (χ3v) is 7.94. The molecule has 1 atom stereocenters. The van der Waals surface area contributed by atoms with Crippen molar-refractivity contribution in [1.29, 1.82) is 0 Å². The van der Waals surface area contributed by atoms with E-state index < -0.39 is 11.6 Å². The Balaban J connectivity index is 1.50. The molecule has 14 heteroatoms. The molecule has 1 amide bonds. The third-order valence-electron chi connectivity index (χ3n) is 7.94. The molecule has 3 heterocycles. The Bertz CT molecular complexity index is 1590. The molecule has 1 fully saturated rings. The number of esters is 2. The number of nitrogen functional groups attached to an aromatic ring is 1. The third kappa shape index (κ3) is 9.77. The van der Waals surface area contributed by atoms with E-state index in [1.165, 1.54) is 11.7 Å². The second-order valence-electron chi connectivity index (χ2n) is 12.8. The highest BCUT2D eigenvalue weighted by atomic mass is 16.6. The summed E-state index contributed by atoms with van der Waals surface area (Å²) in [6.07, 6.45) is 3.84. The number of hydrogen-bond donors (Lipinski definition) is 2. The topological polar surface area (TPSA) is 176 Å². The number of likely N-dealkylation sites (tertiary alicyclic amines) is 1. The molecule has 14 nitrogen and oxygen atoms in total. The van der Waals surface area contributed by atoms with Crippen molar-refractivity contribution in [2.75, 3.05) is 39.1 Å². The predicted molar refractivity (Wildman–Crippen MR) is 174 cm³/mol. The number of aromatic nitrogens is 4. The zero-order valence-corrected chi connectivity index (χ0v) is 28.1. The normalized spacial score (nSPS) is 15.1. The molecule has 1 saturated heterocycles. The molecule has 0 bridgehead atoms. The first-order valence-electron chi connectivity index (χ1n) is 16.2. The van der Waals surface area contributed by atoms with E-state index >= 15 is 0 Å². The molecule has 1 aliphatic rings. The summed E-state index contributed by atoms with van der Waals surface area (Å²) in [4.78, 5) is 65.1. The van der Waals surface area contributed by atoms with Crippen molar-refractivity contribution in [3.05, 3.63) is 45.9 Å². The molecule has 1 aromatic carbocycles. The van der Waals surface area contributed by atoms with Gasteiger partial charge in [0, 0.05) is 13.1 Å². The summed E-state index contributed by atoms with van der Waals surface area (Å²) in [5.74, 6) is -0.644. The van der Waals surface area contributed by atoms with Crippen LogP contribution in [0, 0.1) is 0 Å². The fourth-order valence-electron chi connectivity index (χ4n) is 5.53. The summed E-state index contributed by atoms with van der Waals surface area (Å²) in [6.45, 7) is 9.62. The van der Waals surface area contributed by atoms with Gasteiger partial charge in [0.15, 0.2) is 5.52 Å². The number of benzene rings is 1. The molecule has 47 heavy (non-hydrogen) atoms. The molecule has 4 rings (SSSR count). The van der Waals surface area contributed by atoms with Gasteiger partial charge in [-0.15, -0.1) is 0 Å². The smallest absolute Gasteiger partial charge is 0.433 e. The largest absolute Gasteiger partial charge is 0.469 e. The van der Waals surface area contributed by atoms with E-state index in [-0.39, 0.29) is 48.3 Å². The number of unbranched alkanes of at least 4 members (excludes halogenated alkanes) is 1. The lowest BCUT2D eigenvalue weighted by Crippen LogP contribution is -2.46. The standard InChI is InChI=1S/C33H47N7O7/c1-6-7-18-46-31-36-28(34)27-29(37-31)40(32(44)35-27)17-9-16-39(20-23-13-11-22(12-14-23)19-26(42)45-5)25(41)21-38-15-8-10-24(38)30(43)47-33(2,3)4/h11-14,24H,6-10,15-21H2,1-5H3,(H,35,44)(H2,34,36,37)/p+1/t24-/m1/s1. The van der Waals surface area contributed by atoms with Crippen molar-refractivity contribution in [3.63, 3.8) is 0 Å². The fourth-order valence-corrected chi connectivity index (χ4v) is 5.53. The number of nitrogens with two attached hydrogens (primary N) is 1. The first-order chi connectivity index (χ1) is 22.4. The minimum Gasteiger partial charge on any atom is -0.469 e. The van der Waals surface area contributed by atoms with Gasteiger partial charge < -0.3 is 24.8 Å². The van der Waals surface area contributed by atoms with E-state index in [4.69, 9.17) is 19.9 Å². The Labute approximate surface area is 274 Å². The summed E-state index contributed by atoms with van der Waals surface area (Å²) in [5, 5.41) is 0. The van der Waals surface area contributed by atoms with Crippen LogP contribution in [0.25, 0.3) is 11.2 Å². The molecule has 3 aromatic rings. The minimum atomic E-state index is -0.623. The highest BCUT2D eigenvalue weighted by Crippen LogP contribution is 2.22. The van der Waals surface area contributed by atoms with Crippen LogP contribution >= 0.6 is 0 Å². The number of carbonyl (C=O) groups excluding carboxylic acids is 3. The summed E-state index contributed by atoms with van der Waals surface area (Å²) >= 11 is 0. The molecular weight excluding hydrogens is 606 g/mol. The van der Waals surface area contributed by atoms with Crippen LogP contribution in [0.1, 0.15) is 70.9 Å². The number of aryl methyl sites for hydroxylation is 1. The van der Waals surface area contributed by atoms with E-state index in [0.717, 1.165) is 30.4 Å². The van der Waals surface area contributed by atoms with E-state index in [1.807, 2.05) is 49.9 Å². The minimum absolute atomic E-state index is 0.0613. The lowest BCUT2D eigenvalue weighted by molar-refractivity contribution is -0.372. The summed E-state index contributed by atoms with van der Waals surface area (Å²) in [5.41, 5.74) is 7.68. The number of methoxy groups -OCH3 is 1. The molecule has 0 radical (unpaired) electrons. The van der Waals surface area contributed by atoms with Crippen LogP contribution in [0.5, 0.6) is 6.01 Å². The lowest BCUT2D eigenvalue weighted by Gasteiger charge is -2.29. The van der Waals surface area contributed by atoms with Crippen molar-refractivity contribution >= 4 is 34.8 Å². The van der Waals surface area contributed by atoms with E-state index in [1.54, 1.807) is 4.90 Å². The van der Waals surface area contributed by atoms with Crippen LogP contribution in [-0.4, -0.2) is 87.2 Å². The van der Waals surface area contributed by atoms with Gasteiger partial charge >= 0.3 is 23.6 Å². The van der Waals surface area contributed by atoms with Gasteiger partial charge in [-0.3, -0.25) is 24.3 Å². The van der Waals surface area contributed by atoms with E-state index in [9.17, 15) is 19.2 Å². The van der Waals surface area contributed by atoms with Gasteiger partial charge in [-0.25, -0.2) is 14.3 Å². The zero-order chi connectivity index (χ0) is 34.1. The number of fused-ring (bicyclic) bond motifs is 1. The van der Waals surface area contributed by atoms with Crippen molar-refractivity contribution in [1.82, 2.24) is 24.3 Å². The maximum absolute atomic E-state index is 13.8. The maximum Gasteiger partial charge on any atom is 0.433 e. The second-order valence-corrected chi connectivity index (χ2v) is 12.8. The lowest BCUT2D eigenvalue weighted by atomic mass is 10.1. The SMILES string of the molecule is CCCCOc1nc(N)c2[nH]c(=O)n(CCCN(Cc3ccc(CC(=O)OC)cc3)C(=O)CN3CCC[C@@H]3C(=O)OC(C)(C)C)c2[nH+]1. The number of imidazole rings is 1. The van der Waals surface area contributed by atoms with Crippen LogP contribution in [-0.2, 0) is 43.4 Å². The van der Waals surface area contributed by atoms with Crippen molar-refractivity contribution in [2.24, 2.45) is 0 Å². The summed E-state index contributed by atoms with van der Waals surface area (Å²) < 4.78 is 17.6. The quantitative estimate of drug-likeness (QED) is 0.183. The Kier molecular flexibility index (Phi) is 12.0. The molecule has 0 saturated carbocycles. The van der Waals surface area contributed by atoms with Gasteiger partial charge in [0.2, 0.25) is 11.7 Å². The predicted octanol–water partition coefficient (Wildman–Crippen LogP) is 2.24. The highest BCUT2D eigenvalue weighted by molar-refractivity contribution is 5.81. The average molecular weight is 655 g/mol. The molecule has 0 unspecified atom stereocenters. The monoisotopic (exact) mass is 654 g/mol. The molecule has 256 valence electrons. The number of H-pyrrole nitrogens is 2. The maximum atomic E-state index is 13.8. The van der Waals surface area contributed by atoms with Crippen molar-refractivity contribution in [2.45, 2.75) is 91.0 Å². The number of nitrogens with one attached hydrogen (secondary N) is 2. The number of amides is 1. The van der Waals surface area contributed by atoms with Crippen LogP contribution in [0.15, 0.2) is 29.1 Å². The number of ether oxygens (including phenoxy) is 3. The molecule has 2 aromatic heterocycles. The van der Waals surface area contributed by atoms with E-state index in [2.05, 4.69) is 21.9 Å². The zero-order valence-electron chi connectivity index (χ0n) is 28.1. The fraction of sp³-hybridized carbons (Fsp3) is 0.576. The van der Waals surface area contributed by atoms with Crippen LogP contribution < -0.4 is 21.1 Å². The van der Waals surface area contributed by atoms with E-state index in [0.29, 0.717) is 56.8 Å². The van der Waals surface area contributed by atoms with Gasteiger partial charge in [-0.05, 0) is 69.1 Å². The number of aromatic amines is 2. The highest BCUT2D eigenvalue weighted by Gasteiger charge is 2.36. The molecule has 1 aliphatic heterocycles. The Morgan fingerprint density at radius 2 is 1.87 bits per heavy atom. The number of nitrogens with zero attached hydrogens (tertiary/aromatic N) is 4. The Morgan fingerprint density at radius 3 is 2.55 bits per heavy atom. The molecule has 4 N–H and O–H groups in total. The van der Waals surface area contributed by atoms with Crippen LogP contribution in [0.2, 0.25) is 0 Å². The second kappa shape index (κ2) is 15.9. The number of hydrogen-bond acceptors (Lipinski definition) is 10. The van der Waals surface area contributed by atoms with Crippen molar-refractivity contribution in [3.8, 4) is 6.01 Å². The Morgan fingerprint density at radius 1 is 1.15 bits per heavy atom.